The minimum atomic E-state index is -0.624. The van der Waals surface area contributed by atoms with Crippen LogP contribution in [0.5, 0.6) is 0 Å². The Morgan fingerprint density at radius 1 is 1.23 bits per heavy atom. The molecule has 140 valence electrons. The van der Waals surface area contributed by atoms with Gasteiger partial charge in [0.15, 0.2) is 0 Å². The highest BCUT2D eigenvalue weighted by Crippen LogP contribution is 2.21. The summed E-state index contributed by atoms with van der Waals surface area (Å²) in [6.07, 6.45) is 3.54. The molecule has 1 saturated heterocycles. The Balaban J connectivity index is 1.45. The molecule has 3 rings (SSSR count). The molecule has 2 N–H and O–H groups in total. The average Bonchev–Trinajstić information content (AvgIpc) is 3.37. The number of amides is 2. The predicted octanol–water partition coefficient (Wildman–Crippen LogP) is 0.0986. The molecule has 2 aromatic heterocycles. The normalized spacial score (nSPS) is 16.2. The van der Waals surface area contributed by atoms with Crippen LogP contribution in [0.4, 0.5) is 0 Å². The molecule has 1 aliphatic heterocycles. The van der Waals surface area contributed by atoms with E-state index in [0.29, 0.717) is 32.8 Å². The van der Waals surface area contributed by atoms with E-state index in [0.717, 1.165) is 18.0 Å². The molecule has 2 aromatic rings. The lowest BCUT2D eigenvalue weighted by Gasteiger charge is -2.26. The Kier molecular flexibility index (Phi) is 6.75. The molecule has 1 unspecified atom stereocenters. The summed E-state index contributed by atoms with van der Waals surface area (Å²) in [7, 11) is 0. The van der Waals surface area contributed by atoms with Gasteiger partial charge in [0, 0.05) is 50.0 Å². The summed E-state index contributed by atoms with van der Waals surface area (Å²) in [4.78, 5) is 27.3. The fraction of sp³-hybridized carbons (Fsp3) is 0.471. The van der Waals surface area contributed by atoms with Crippen molar-refractivity contribution in [3.8, 4) is 0 Å². The number of carbonyl (C=O) groups is 2. The van der Waals surface area contributed by atoms with Gasteiger partial charge in [-0.15, -0.1) is 11.3 Å². The third kappa shape index (κ3) is 5.13. The molecule has 26 heavy (non-hydrogen) atoms. The first-order valence-corrected chi connectivity index (χ1v) is 9.50. The third-order valence-electron chi connectivity index (χ3n) is 4.20. The highest BCUT2D eigenvalue weighted by molar-refractivity contribution is 7.10. The van der Waals surface area contributed by atoms with Gasteiger partial charge in [-0.25, -0.2) is 0 Å². The van der Waals surface area contributed by atoms with Crippen LogP contribution < -0.4 is 10.6 Å². The Labute approximate surface area is 156 Å². The van der Waals surface area contributed by atoms with E-state index < -0.39 is 11.8 Å². The summed E-state index contributed by atoms with van der Waals surface area (Å²) < 4.78 is 7.06. The van der Waals surface area contributed by atoms with Crippen molar-refractivity contribution in [1.29, 1.82) is 0 Å². The molecule has 0 radical (unpaired) electrons. The number of ether oxygens (including phenoxy) is 1. The van der Waals surface area contributed by atoms with Crippen LogP contribution in [0.25, 0.3) is 0 Å². The molecular formula is C17H23N5O3S. The Morgan fingerprint density at radius 3 is 2.73 bits per heavy atom. The van der Waals surface area contributed by atoms with Crippen LogP contribution in [0, 0.1) is 0 Å². The van der Waals surface area contributed by atoms with E-state index in [1.807, 2.05) is 29.8 Å². The van der Waals surface area contributed by atoms with Crippen molar-refractivity contribution in [3.05, 3.63) is 40.8 Å². The van der Waals surface area contributed by atoms with Crippen LogP contribution in [0.2, 0.25) is 0 Å². The monoisotopic (exact) mass is 377 g/mol. The van der Waals surface area contributed by atoms with Crippen molar-refractivity contribution in [2.45, 2.75) is 6.04 Å². The molecule has 3 heterocycles. The Hall–Kier alpha value is -2.23. The SMILES string of the molecule is O=C(NCCN1CCOCC1)C(=O)NCC(c1cccs1)n1cccn1. The highest BCUT2D eigenvalue weighted by Gasteiger charge is 2.19. The highest BCUT2D eigenvalue weighted by atomic mass is 32.1. The van der Waals surface area contributed by atoms with Gasteiger partial charge in [-0.3, -0.25) is 19.2 Å². The molecule has 0 saturated carbocycles. The van der Waals surface area contributed by atoms with E-state index in [9.17, 15) is 9.59 Å². The number of aromatic nitrogens is 2. The molecule has 1 aliphatic rings. The standard InChI is InChI=1S/C17H23N5O3S/c23-16(18-5-7-21-8-10-25-11-9-21)17(24)19-13-14(15-3-1-12-26-15)22-6-2-4-20-22/h1-4,6,12,14H,5,7-11,13H2,(H,18,23)(H,19,24). The van der Waals surface area contributed by atoms with Crippen molar-refractivity contribution < 1.29 is 14.3 Å². The smallest absolute Gasteiger partial charge is 0.309 e. The minimum Gasteiger partial charge on any atom is -0.379 e. The maximum Gasteiger partial charge on any atom is 0.309 e. The molecule has 0 aliphatic carbocycles. The summed E-state index contributed by atoms with van der Waals surface area (Å²) in [5.74, 6) is -1.23. The number of thiophene rings is 1. The zero-order chi connectivity index (χ0) is 18.2. The lowest BCUT2D eigenvalue weighted by atomic mass is 10.2. The lowest BCUT2D eigenvalue weighted by molar-refractivity contribution is -0.139. The summed E-state index contributed by atoms with van der Waals surface area (Å²) in [5.41, 5.74) is 0. The quantitative estimate of drug-likeness (QED) is 0.668. The number of carbonyl (C=O) groups excluding carboxylic acids is 2. The van der Waals surface area contributed by atoms with E-state index in [2.05, 4.69) is 20.6 Å². The molecule has 1 atom stereocenters. The van der Waals surface area contributed by atoms with E-state index >= 15 is 0 Å². The van der Waals surface area contributed by atoms with Crippen LogP contribution in [-0.2, 0) is 14.3 Å². The van der Waals surface area contributed by atoms with Gasteiger partial charge in [0.1, 0.15) is 6.04 Å². The summed E-state index contributed by atoms with van der Waals surface area (Å²) in [5, 5.41) is 11.6. The maximum absolute atomic E-state index is 12.1. The van der Waals surface area contributed by atoms with Gasteiger partial charge in [0.2, 0.25) is 0 Å². The number of hydrogen-bond acceptors (Lipinski definition) is 6. The fourth-order valence-electron chi connectivity index (χ4n) is 2.77. The van der Waals surface area contributed by atoms with Gasteiger partial charge < -0.3 is 15.4 Å². The summed E-state index contributed by atoms with van der Waals surface area (Å²) in [6, 6.07) is 5.65. The fourth-order valence-corrected chi connectivity index (χ4v) is 3.59. The van der Waals surface area contributed by atoms with E-state index in [1.165, 1.54) is 0 Å². The molecule has 1 fully saturated rings. The van der Waals surface area contributed by atoms with Crippen molar-refractivity contribution >= 4 is 23.2 Å². The maximum atomic E-state index is 12.1. The van der Waals surface area contributed by atoms with Crippen LogP contribution >= 0.6 is 11.3 Å². The zero-order valence-corrected chi connectivity index (χ0v) is 15.3. The van der Waals surface area contributed by atoms with Crippen molar-refractivity contribution in [2.24, 2.45) is 0 Å². The van der Waals surface area contributed by atoms with Crippen LogP contribution in [-0.4, -0.2) is 72.4 Å². The van der Waals surface area contributed by atoms with E-state index in [1.54, 1.807) is 22.2 Å². The van der Waals surface area contributed by atoms with Gasteiger partial charge in [-0.2, -0.15) is 5.10 Å². The number of nitrogens with zero attached hydrogens (tertiary/aromatic N) is 3. The van der Waals surface area contributed by atoms with Crippen LogP contribution in [0.3, 0.4) is 0 Å². The van der Waals surface area contributed by atoms with Crippen molar-refractivity contribution in [2.75, 3.05) is 45.9 Å². The average molecular weight is 377 g/mol. The zero-order valence-electron chi connectivity index (χ0n) is 14.5. The molecule has 8 nitrogen and oxygen atoms in total. The van der Waals surface area contributed by atoms with Gasteiger partial charge in [-0.05, 0) is 17.5 Å². The van der Waals surface area contributed by atoms with Gasteiger partial charge >= 0.3 is 11.8 Å². The number of nitrogens with one attached hydrogen (secondary N) is 2. The van der Waals surface area contributed by atoms with Crippen LogP contribution in [0.1, 0.15) is 10.9 Å². The first-order valence-electron chi connectivity index (χ1n) is 8.62. The van der Waals surface area contributed by atoms with E-state index in [-0.39, 0.29) is 6.04 Å². The molecular weight excluding hydrogens is 354 g/mol. The van der Waals surface area contributed by atoms with Gasteiger partial charge in [0.05, 0.1) is 13.2 Å². The first-order chi connectivity index (χ1) is 12.7. The van der Waals surface area contributed by atoms with E-state index in [4.69, 9.17) is 4.74 Å². The largest absolute Gasteiger partial charge is 0.379 e. The Morgan fingerprint density at radius 2 is 2.04 bits per heavy atom. The van der Waals surface area contributed by atoms with Crippen LogP contribution in [0.15, 0.2) is 36.0 Å². The molecule has 9 heteroatoms. The van der Waals surface area contributed by atoms with Crippen molar-refractivity contribution in [3.63, 3.8) is 0 Å². The second-order valence-corrected chi connectivity index (χ2v) is 6.92. The number of rotatable bonds is 7. The second kappa shape index (κ2) is 9.46. The van der Waals surface area contributed by atoms with Gasteiger partial charge in [-0.1, -0.05) is 6.07 Å². The molecule has 0 spiro atoms. The number of hydrogen-bond donors (Lipinski definition) is 2. The van der Waals surface area contributed by atoms with Gasteiger partial charge in [0.25, 0.3) is 0 Å². The summed E-state index contributed by atoms with van der Waals surface area (Å²) >= 11 is 1.59. The topological polar surface area (TPSA) is 88.5 Å². The minimum absolute atomic E-state index is 0.130. The molecule has 0 bridgehead atoms. The molecule has 2 amide bonds. The van der Waals surface area contributed by atoms with Crippen molar-refractivity contribution in [1.82, 2.24) is 25.3 Å². The second-order valence-electron chi connectivity index (χ2n) is 5.94. The number of morpholine rings is 1. The first kappa shape index (κ1) is 18.6. The Bertz CT molecular complexity index is 649. The third-order valence-corrected chi connectivity index (χ3v) is 5.17. The summed E-state index contributed by atoms with van der Waals surface area (Å²) in [6.45, 7) is 4.60. The lowest BCUT2D eigenvalue weighted by Crippen LogP contribution is -2.46. The molecule has 0 aromatic carbocycles. The predicted molar refractivity (Wildman–Crippen MR) is 98.0 cm³/mol.